The van der Waals surface area contributed by atoms with E-state index in [-0.39, 0.29) is 5.41 Å². The van der Waals surface area contributed by atoms with Crippen LogP contribution in [0.2, 0.25) is 0 Å². The summed E-state index contributed by atoms with van der Waals surface area (Å²) in [6.45, 7) is 4.70. The Morgan fingerprint density at radius 1 is 0.400 bits per heavy atom. The molecule has 1 aliphatic carbocycles. The number of thiophene rings is 1. The lowest BCUT2D eigenvalue weighted by Gasteiger charge is -2.27. The van der Waals surface area contributed by atoms with E-state index in [2.05, 4.69) is 242 Å². The molecule has 5 heteroatoms. The number of fused-ring (bicyclic) bond motifs is 10. The molecule has 0 saturated carbocycles. The molecule has 0 spiro atoms. The number of nitrogens with zero attached hydrogens (tertiary/aromatic N) is 4. The van der Waals surface area contributed by atoms with Gasteiger partial charge in [0.05, 0.1) is 22.2 Å². The molecule has 0 aliphatic heterocycles. The van der Waals surface area contributed by atoms with Gasteiger partial charge in [-0.25, -0.2) is 9.97 Å². The van der Waals surface area contributed by atoms with Crippen molar-refractivity contribution in [2.24, 2.45) is 0 Å². The molecule has 0 N–H and O–H groups in total. The second kappa shape index (κ2) is 15.7. The zero-order valence-electron chi connectivity index (χ0n) is 38.6. The van der Waals surface area contributed by atoms with Gasteiger partial charge in [-0.15, -0.1) is 11.3 Å². The number of hydrogen-bond acceptors (Lipinski definition) is 4. The highest BCUT2D eigenvalue weighted by molar-refractivity contribution is 7.25. The molecule has 330 valence electrons. The molecule has 4 nitrogen and oxygen atoms in total. The SMILES string of the molecule is CC1(C)c2ccccc2-c2cc(N(c3ccc(-n4c5ccccc5c5ccc(-c6ccc(-c7nc(-c8ccccc8)c8ccccc8n7)cc6)cc54)cc3)c3ccc4sc5ccccc5c4c3)ccc21. The summed E-state index contributed by atoms with van der Waals surface area (Å²) in [6, 6.07) is 83.8. The molecule has 0 bridgehead atoms. The van der Waals surface area contributed by atoms with E-state index in [1.165, 1.54) is 58.7 Å². The first kappa shape index (κ1) is 40.4. The van der Waals surface area contributed by atoms with Crippen LogP contribution in [0, 0.1) is 0 Å². The largest absolute Gasteiger partial charge is 0.310 e. The second-order valence-electron chi connectivity index (χ2n) is 19.0. The smallest absolute Gasteiger partial charge is 0.160 e. The topological polar surface area (TPSA) is 34.0 Å². The minimum atomic E-state index is -0.0723. The summed E-state index contributed by atoms with van der Waals surface area (Å²) in [5.74, 6) is 0.715. The Kier molecular flexibility index (Phi) is 9.07. The normalized spacial score (nSPS) is 12.8. The molecular weight excluding hydrogens is 869 g/mol. The van der Waals surface area contributed by atoms with Gasteiger partial charge in [0, 0.05) is 75.6 Å². The van der Waals surface area contributed by atoms with Crippen molar-refractivity contribution in [3.63, 3.8) is 0 Å². The third-order valence-electron chi connectivity index (χ3n) is 14.6. The summed E-state index contributed by atoms with van der Waals surface area (Å²) in [5, 5.41) is 6.07. The van der Waals surface area contributed by atoms with E-state index in [0.717, 1.165) is 67.1 Å². The Balaban J connectivity index is 0.867. The van der Waals surface area contributed by atoms with Crippen molar-refractivity contribution in [3.05, 3.63) is 242 Å². The molecule has 70 heavy (non-hydrogen) atoms. The van der Waals surface area contributed by atoms with E-state index < -0.39 is 0 Å². The number of aromatic nitrogens is 3. The van der Waals surface area contributed by atoms with Crippen LogP contribution in [0.3, 0.4) is 0 Å². The Morgan fingerprint density at radius 2 is 1.03 bits per heavy atom. The van der Waals surface area contributed by atoms with Gasteiger partial charge < -0.3 is 9.47 Å². The van der Waals surface area contributed by atoms with Crippen LogP contribution in [0.25, 0.3) is 103 Å². The fraction of sp³-hybridized carbons (Fsp3) is 0.0462. The van der Waals surface area contributed by atoms with Gasteiger partial charge in [0.15, 0.2) is 5.82 Å². The minimum absolute atomic E-state index is 0.0723. The third-order valence-corrected chi connectivity index (χ3v) is 15.8. The number of hydrogen-bond donors (Lipinski definition) is 0. The maximum absolute atomic E-state index is 5.14. The second-order valence-corrected chi connectivity index (χ2v) is 20.1. The Bertz CT molecular complexity index is 4200. The lowest BCUT2D eigenvalue weighted by Crippen LogP contribution is -2.15. The molecule has 3 aromatic heterocycles. The molecule has 0 atom stereocenters. The molecule has 3 heterocycles. The Morgan fingerprint density at radius 3 is 1.89 bits per heavy atom. The van der Waals surface area contributed by atoms with Crippen LogP contribution in [0.5, 0.6) is 0 Å². The molecule has 13 aromatic rings. The van der Waals surface area contributed by atoms with Crippen molar-refractivity contribution in [1.82, 2.24) is 14.5 Å². The quantitative estimate of drug-likeness (QED) is 0.160. The molecule has 0 radical (unpaired) electrons. The maximum Gasteiger partial charge on any atom is 0.160 e. The van der Waals surface area contributed by atoms with Gasteiger partial charge >= 0.3 is 0 Å². The van der Waals surface area contributed by atoms with Crippen molar-refractivity contribution in [1.29, 1.82) is 0 Å². The molecule has 0 unspecified atom stereocenters. The first-order chi connectivity index (χ1) is 34.4. The van der Waals surface area contributed by atoms with Crippen LogP contribution >= 0.6 is 11.3 Å². The fourth-order valence-corrected chi connectivity index (χ4v) is 12.2. The van der Waals surface area contributed by atoms with Gasteiger partial charge in [-0.05, 0) is 112 Å². The van der Waals surface area contributed by atoms with E-state index in [9.17, 15) is 0 Å². The van der Waals surface area contributed by atoms with Crippen molar-refractivity contribution in [2.45, 2.75) is 19.3 Å². The summed E-state index contributed by atoms with van der Waals surface area (Å²) in [4.78, 5) is 12.6. The number of para-hydroxylation sites is 2. The summed E-state index contributed by atoms with van der Waals surface area (Å²) in [5.41, 5.74) is 18.3. The van der Waals surface area contributed by atoms with Gasteiger partial charge in [0.25, 0.3) is 0 Å². The molecule has 0 fully saturated rings. The lowest BCUT2D eigenvalue weighted by molar-refractivity contribution is 0.660. The Hall–Kier alpha value is -8.64. The highest BCUT2D eigenvalue weighted by Crippen LogP contribution is 2.51. The zero-order chi connectivity index (χ0) is 46.5. The summed E-state index contributed by atoms with van der Waals surface area (Å²) < 4.78 is 5.02. The standard InChI is InChI=1S/C65H44N4S/c1-65(2)56-20-10-6-16-49(56)54-39-47(33-36-57(54)65)68(48-34-37-62-55(40-48)52-18-9-13-23-61(52)70-62)45-29-31-46(32-30-45)69-59-22-12-8-17-50(59)51-35-28-44(38-60(51)69)41-24-26-43(27-25-41)64-66-58-21-11-7-19-53(58)63(67-64)42-14-4-3-5-15-42/h3-40H,1-2H3. The molecule has 10 aromatic carbocycles. The number of rotatable bonds is 7. The van der Waals surface area contributed by atoms with Gasteiger partial charge in [0.2, 0.25) is 0 Å². The third kappa shape index (κ3) is 6.36. The van der Waals surface area contributed by atoms with E-state index in [0.29, 0.717) is 5.82 Å². The number of anilines is 3. The van der Waals surface area contributed by atoms with Crippen molar-refractivity contribution >= 4 is 81.3 Å². The van der Waals surface area contributed by atoms with Crippen LogP contribution in [-0.2, 0) is 5.41 Å². The van der Waals surface area contributed by atoms with Crippen LogP contribution in [-0.4, -0.2) is 14.5 Å². The molecule has 0 amide bonds. The minimum Gasteiger partial charge on any atom is -0.310 e. The zero-order valence-corrected chi connectivity index (χ0v) is 39.5. The first-order valence-corrected chi connectivity index (χ1v) is 24.8. The fourth-order valence-electron chi connectivity index (χ4n) is 11.2. The molecular formula is C65H44N4S. The molecule has 1 aliphatic rings. The van der Waals surface area contributed by atoms with Crippen LogP contribution in [0.4, 0.5) is 17.1 Å². The van der Waals surface area contributed by atoms with Crippen molar-refractivity contribution < 1.29 is 0 Å². The monoisotopic (exact) mass is 912 g/mol. The van der Waals surface area contributed by atoms with Gasteiger partial charge in [-0.3, -0.25) is 0 Å². The maximum atomic E-state index is 5.14. The predicted molar refractivity (Wildman–Crippen MR) is 295 cm³/mol. The van der Waals surface area contributed by atoms with Crippen LogP contribution in [0.1, 0.15) is 25.0 Å². The van der Waals surface area contributed by atoms with Crippen molar-refractivity contribution in [2.75, 3.05) is 4.90 Å². The summed E-state index contributed by atoms with van der Waals surface area (Å²) >= 11 is 1.86. The van der Waals surface area contributed by atoms with Gasteiger partial charge in [-0.2, -0.15) is 0 Å². The van der Waals surface area contributed by atoms with E-state index in [4.69, 9.17) is 9.97 Å². The predicted octanol–water partition coefficient (Wildman–Crippen LogP) is 17.9. The van der Waals surface area contributed by atoms with Gasteiger partial charge in [0.1, 0.15) is 0 Å². The summed E-state index contributed by atoms with van der Waals surface area (Å²) in [7, 11) is 0. The van der Waals surface area contributed by atoms with Gasteiger partial charge in [-0.1, -0.05) is 166 Å². The van der Waals surface area contributed by atoms with E-state index in [1.807, 2.05) is 23.5 Å². The summed E-state index contributed by atoms with van der Waals surface area (Å²) in [6.07, 6.45) is 0. The highest BCUT2D eigenvalue weighted by atomic mass is 32.1. The average molecular weight is 913 g/mol. The average Bonchev–Trinajstić information content (AvgIpc) is 4.03. The van der Waals surface area contributed by atoms with Crippen LogP contribution in [0.15, 0.2) is 231 Å². The Labute approximate surface area is 410 Å². The highest BCUT2D eigenvalue weighted by Gasteiger charge is 2.35. The number of benzene rings is 10. The molecule has 14 rings (SSSR count). The van der Waals surface area contributed by atoms with E-state index in [1.54, 1.807) is 0 Å². The first-order valence-electron chi connectivity index (χ1n) is 24.0. The lowest BCUT2D eigenvalue weighted by atomic mass is 9.82. The molecule has 0 saturated heterocycles. The van der Waals surface area contributed by atoms with E-state index >= 15 is 0 Å². The van der Waals surface area contributed by atoms with Crippen molar-refractivity contribution in [3.8, 4) is 50.6 Å². The van der Waals surface area contributed by atoms with Crippen LogP contribution < -0.4 is 4.90 Å².